The van der Waals surface area contributed by atoms with Crippen LogP contribution in [0.15, 0.2) is 34.8 Å². The van der Waals surface area contributed by atoms with Crippen molar-refractivity contribution >= 4 is 15.9 Å². The molecule has 0 aliphatic rings. The molecule has 15 heavy (non-hydrogen) atoms. The molecule has 1 aromatic rings. The van der Waals surface area contributed by atoms with Crippen molar-refractivity contribution in [3.63, 3.8) is 0 Å². The van der Waals surface area contributed by atoms with Gasteiger partial charge in [-0.2, -0.15) is 0 Å². The van der Waals surface area contributed by atoms with Gasteiger partial charge in [-0.05, 0) is 37.8 Å². The maximum atomic E-state index is 10.0. The van der Waals surface area contributed by atoms with Crippen molar-refractivity contribution in [3.8, 4) is 0 Å². The molecule has 0 saturated carbocycles. The molecule has 0 heterocycles. The summed E-state index contributed by atoms with van der Waals surface area (Å²) in [5, 5.41) is 10.0. The molecule has 2 heteroatoms. The highest BCUT2D eigenvalue weighted by atomic mass is 79.9. The molecule has 1 nitrogen and oxygen atoms in total. The zero-order valence-corrected chi connectivity index (χ0v) is 10.8. The average molecular weight is 269 g/mol. The van der Waals surface area contributed by atoms with E-state index in [1.165, 1.54) is 0 Å². The number of halogens is 1. The molecular weight excluding hydrogens is 252 g/mol. The summed E-state index contributed by atoms with van der Waals surface area (Å²) in [4.78, 5) is 0. The number of aryl methyl sites for hydroxylation is 1. The van der Waals surface area contributed by atoms with E-state index in [0.717, 1.165) is 34.0 Å². The zero-order valence-electron chi connectivity index (χ0n) is 9.26. The number of rotatable bonds is 4. The highest BCUT2D eigenvalue weighted by molar-refractivity contribution is 9.10. The molecule has 1 atom stereocenters. The first-order valence-corrected chi connectivity index (χ1v) is 5.89. The van der Waals surface area contributed by atoms with E-state index >= 15 is 0 Å². The molecule has 1 N–H and O–H groups in total. The Morgan fingerprint density at radius 1 is 1.53 bits per heavy atom. The standard InChI is InChI=1S/C13H17BrO/c1-9(2)7-8-12(15)11-6-4-5-10(3)13(11)14/h4-6,12,15H,1,7-8H2,2-3H3. The minimum atomic E-state index is -0.407. The van der Waals surface area contributed by atoms with Crippen LogP contribution in [0.25, 0.3) is 0 Å². The fourth-order valence-corrected chi connectivity index (χ4v) is 1.99. The smallest absolute Gasteiger partial charge is 0.0804 e. The predicted octanol–water partition coefficient (Wildman–Crippen LogP) is 4.15. The molecule has 1 rings (SSSR count). The summed E-state index contributed by atoms with van der Waals surface area (Å²) in [6.45, 7) is 7.85. The quantitative estimate of drug-likeness (QED) is 0.814. The molecule has 0 fully saturated rings. The summed E-state index contributed by atoms with van der Waals surface area (Å²) < 4.78 is 1.01. The number of hydrogen-bond donors (Lipinski definition) is 1. The zero-order chi connectivity index (χ0) is 11.4. The SMILES string of the molecule is C=C(C)CCC(O)c1cccc(C)c1Br. The molecule has 0 aliphatic heterocycles. The second-order valence-corrected chi connectivity index (χ2v) is 4.78. The first-order valence-electron chi connectivity index (χ1n) is 5.10. The van der Waals surface area contributed by atoms with Crippen molar-refractivity contribution in [2.24, 2.45) is 0 Å². The van der Waals surface area contributed by atoms with Gasteiger partial charge in [-0.15, -0.1) is 6.58 Å². The van der Waals surface area contributed by atoms with Crippen LogP contribution in [0.2, 0.25) is 0 Å². The summed E-state index contributed by atoms with van der Waals surface area (Å²) in [7, 11) is 0. The Balaban J connectivity index is 2.77. The molecule has 1 unspecified atom stereocenters. The van der Waals surface area contributed by atoms with Gasteiger partial charge in [0, 0.05) is 4.47 Å². The van der Waals surface area contributed by atoms with Gasteiger partial charge in [-0.3, -0.25) is 0 Å². The fourth-order valence-electron chi connectivity index (χ4n) is 1.47. The van der Waals surface area contributed by atoms with E-state index in [2.05, 4.69) is 22.5 Å². The van der Waals surface area contributed by atoms with E-state index in [-0.39, 0.29) is 0 Å². The molecule has 0 aromatic heterocycles. The number of aliphatic hydroxyl groups is 1. The monoisotopic (exact) mass is 268 g/mol. The van der Waals surface area contributed by atoms with Gasteiger partial charge in [0.15, 0.2) is 0 Å². The Labute approximate surface area is 100.0 Å². The van der Waals surface area contributed by atoms with E-state index in [0.29, 0.717) is 0 Å². The summed E-state index contributed by atoms with van der Waals surface area (Å²) in [6.07, 6.45) is 1.19. The van der Waals surface area contributed by atoms with Gasteiger partial charge in [0.25, 0.3) is 0 Å². The third-order valence-corrected chi connectivity index (χ3v) is 3.51. The minimum absolute atomic E-state index is 0.407. The molecule has 0 amide bonds. The number of allylic oxidation sites excluding steroid dienone is 1. The molecular formula is C13H17BrO. The summed E-state index contributed by atoms with van der Waals surface area (Å²) in [6, 6.07) is 5.96. The molecule has 0 spiro atoms. The van der Waals surface area contributed by atoms with Gasteiger partial charge in [-0.1, -0.05) is 39.7 Å². The van der Waals surface area contributed by atoms with Gasteiger partial charge in [-0.25, -0.2) is 0 Å². The van der Waals surface area contributed by atoms with Gasteiger partial charge >= 0.3 is 0 Å². The van der Waals surface area contributed by atoms with Crippen LogP contribution in [0.5, 0.6) is 0 Å². The van der Waals surface area contributed by atoms with Crippen LogP contribution in [0.3, 0.4) is 0 Å². The summed E-state index contributed by atoms with van der Waals surface area (Å²) >= 11 is 3.51. The van der Waals surface area contributed by atoms with Crippen molar-refractivity contribution in [2.75, 3.05) is 0 Å². The molecule has 0 saturated heterocycles. The van der Waals surface area contributed by atoms with Crippen LogP contribution in [-0.2, 0) is 0 Å². The number of benzene rings is 1. The third-order valence-electron chi connectivity index (χ3n) is 2.43. The average Bonchev–Trinajstić information content (AvgIpc) is 2.18. The Bertz CT molecular complexity index is 358. The second kappa shape index (κ2) is 5.47. The Kier molecular flexibility index (Phi) is 4.55. The van der Waals surface area contributed by atoms with E-state index in [1.807, 2.05) is 32.0 Å². The first kappa shape index (κ1) is 12.5. The lowest BCUT2D eigenvalue weighted by molar-refractivity contribution is 0.167. The van der Waals surface area contributed by atoms with Crippen LogP contribution in [0.1, 0.15) is 37.0 Å². The van der Waals surface area contributed by atoms with Crippen LogP contribution in [0, 0.1) is 6.92 Å². The van der Waals surface area contributed by atoms with E-state index in [1.54, 1.807) is 0 Å². The van der Waals surface area contributed by atoms with Crippen LogP contribution in [0.4, 0.5) is 0 Å². The minimum Gasteiger partial charge on any atom is -0.388 e. The van der Waals surface area contributed by atoms with Crippen molar-refractivity contribution in [1.29, 1.82) is 0 Å². The summed E-state index contributed by atoms with van der Waals surface area (Å²) in [5.74, 6) is 0. The maximum absolute atomic E-state index is 10.0. The predicted molar refractivity (Wildman–Crippen MR) is 67.9 cm³/mol. The Hall–Kier alpha value is -0.600. The lowest BCUT2D eigenvalue weighted by Crippen LogP contribution is -1.99. The summed E-state index contributed by atoms with van der Waals surface area (Å²) in [5.41, 5.74) is 3.23. The van der Waals surface area contributed by atoms with Gasteiger partial charge in [0.05, 0.1) is 6.10 Å². The van der Waals surface area contributed by atoms with Gasteiger partial charge in [0.1, 0.15) is 0 Å². The van der Waals surface area contributed by atoms with Crippen molar-refractivity contribution in [1.82, 2.24) is 0 Å². The van der Waals surface area contributed by atoms with Gasteiger partial charge in [0.2, 0.25) is 0 Å². The van der Waals surface area contributed by atoms with Crippen LogP contribution in [-0.4, -0.2) is 5.11 Å². The molecule has 1 aromatic carbocycles. The fraction of sp³-hybridized carbons (Fsp3) is 0.385. The normalized spacial score (nSPS) is 12.5. The molecule has 82 valence electrons. The van der Waals surface area contributed by atoms with Crippen molar-refractivity contribution in [3.05, 3.63) is 46.0 Å². The highest BCUT2D eigenvalue weighted by Gasteiger charge is 2.11. The lowest BCUT2D eigenvalue weighted by Gasteiger charge is -2.14. The number of hydrogen-bond acceptors (Lipinski definition) is 1. The van der Waals surface area contributed by atoms with Crippen LogP contribution >= 0.6 is 15.9 Å². The first-order chi connectivity index (χ1) is 7.02. The second-order valence-electron chi connectivity index (χ2n) is 3.99. The molecule has 0 aliphatic carbocycles. The highest BCUT2D eigenvalue weighted by Crippen LogP contribution is 2.29. The lowest BCUT2D eigenvalue weighted by atomic mass is 10.0. The Morgan fingerprint density at radius 2 is 2.20 bits per heavy atom. The van der Waals surface area contributed by atoms with E-state index in [4.69, 9.17) is 0 Å². The Morgan fingerprint density at radius 3 is 2.80 bits per heavy atom. The van der Waals surface area contributed by atoms with E-state index in [9.17, 15) is 5.11 Å². The van der Waals surface area contributed by atoms with Crippen molar-refractivity contribution < 1.29 is 5.11 Å². The topological polar surface area (TPSA) is 20.2 Å². The van der Waals surface area contributed by atoms with Gasteiger partial charge < -0.3 is 5.11 Å². The molecule has 0 bridgehead atoms. The third kappa shape index (κ3) is 3.47. The maximum Gasteiger partial charge on any atom is 0.0804 e. The van der Waals surface area contributed by atoms with Crippen molar-refractivity contribution in [2.45, 2.75) is 32.8 Å². The number of aliphatic hydroxyl groups excluding tert-OH is 1. The molecule has 0 radical (unpaired) electrons. The largest absolute Gasteiger partial charge is 0.388 e. The van der Waals surface area contributed by atoms with Crippen LogP contribution < -0.4 is 0 Å². The van der Waals surface area contributed by atoms with E-state index < -0.39 is 6.10 Å².